The van der Waals surface area contributed by atoms with E-state index in [9.17, 15) is 9.90 Å². The van der Waals surface area contributed by atoms with Crippen LogP contribution >= 0.6 is 11.8 Å². The van der Waals surface area contributed by atoms with E-state index in [0.717, 1.165) is 16.8 Å². The number of para-hydroxylation sites is 1. The quantitative estimate of drug-likeness (QED) is 0.820. The lowest BCUT2D eigenvalue weighted by Crippen LogP contribution is -2.19. The van der Waals surface area contributed by atoms with Gasteiger partial charge in [0.25, 0.3) is 5.91 Å². The molecule has 1 saturated heterocycles. The van der Waals surface area contributed by atoms with Gasteiger partial charge in [0.05, 0.1) is 17.7 Å². The molecule has 0 saturated carbocycles. The van der Waals surface area contributed by atoms with Gasteiger partial charge in [0.1, 0.15) is 0 Å². The zero-order chi connectivity index (χ0) is 18.0. The number of benzene rings is 2. The van der Waals surface area contributed by atoms with Crippen LogP contribution < -0.4 is 10.1 Å². The van der Waals surface area contributed by atoms with E-state index in [1.807, 2.05) is 32.0 Å². The summed E-state index contributed by atoms with van der Waals surface area (Å²) in [6.45, 7) is 3.98. The minimum absolute atomic E-state index is 0.0321. The van der Waals surface area contributed by atoms with Crippen LogP contribution in [0.5, 0.6) is 11.5 Å². The molecular weight excluding hydrogens is 336 g/mol. The Kier molecular flexibility index (Phi) is 4.81. The highest BCUT2D eigenvalue weighted by molar-refractivity contribution is 8.18. The normalized spacial score (nSPS) is 17.2. The van der Waals surface area contributed by atoms with Crippen molar-refractivity contribution in [3.8, 4) is 11.5 Å². The first kappa shape index (κ1) is 17.1. The fourth-order valence-corrected chi connectivity index (χ4v) is 3.34. The van der Waals surface area contributed by atoms with Crippen molar-refractivity contribution in [3.05, 3.63) is 58.0 Å². The molecule has 0 spiro atoms. The first-order valence-electron chi connectivity index (χ1n) is 7.70. The second-order valence-corrected chi connectivity index (χ2v) is 6.68. The highest BCUT2D eigenvalue weighted by Gasteiger charge is 2.24. The minimum Gasteiger partial charge on any atom is -0.504 e. The zero-order valence-electron chi connectivity index (χ0n) is 14.2. The number of hydrogen-bond donors (Lipinski definition) is 2. The molecule has 2 aromatic rings. The van der Waals surface area contributed by atoms with Crippen molar-refractivity contribution in [3.63, 3.8) is 0 Å². The van der Waals surface area contributed by atoms with Gasteiger partial charge in [-0.15, -0.1) is 0 Å². The van der Waals surface area contributed by atoms with E-state index in [2.05, 4.69) is 10.3 Å². The van der Waals surface area contributed by atoms with Crippen molar-refractivity contribution >= 4 is 34.6 Å². The number of rotatable bonds is 3. The summed E-state index contributed by atoms with van der Waals surface area (Å²) in [7, 11) is 1.49. The predicted octanol–water partition coefficient (Wildman–Crippen LogP) is 3.91. The Morgan fingerprint density at radius 1 is 1.20 bits per heavy atom. The van der Waals surface area contributed by atoms with Gasteiger partial charge in [-0.2, -0.15) is 0 Å². The van der Waals surface area contributed by atoms with Gasteiger partial charge in [0, 0.05) is 0 Å². The standard InChI is InChI=1S/C19H18N2O3S/c1-11-5-4-6-12(2)17(11)20-19-21-18(23)16(25-19)10-13-7-8-15(24-3)14(22)9-13/h4-10,22H,1-3H3,(H,20,21,23)/b16-10-. The largest absolute Gasteiger partial charge is 0.504 e. The average molecular weight is 354 g/mol. The fraction of sp³-hybridized carbons (Fsp3) is 0.158. The van der Waals surface area contributed by atoms with Crippen LogP contribution in [-0.4, -0.2) is 23.3 Å². The molecule has 25 heavy (non-hydrogen) atoms. The topological polar surface area (TPSA) is 70.9 Å². The molecule has 1 heterocycles. The summed E-state index contributed by atoms with van der Waals surface area (Å²) < 4.78 is 5.02. The molecule has 0 aliphatic carbocycles. The van der Waals surface area contributed by atoms with Crippen molar-refractivity contribution in [2.45, 2.75) is 13.8 Å². The summed E-state index contributed by atoms with van der Waals surface area (Å²) in [5.41, 5.74) is 3.69. The molecular formula is C19H18N2O3S. The smallest absolute Gasteiger partial charge is 0.264 e. The van der Waals surface area contributed by atoms with E-state index in [1.54, 1.807) is 24.3 Å². The number of amides is 1. The minimum atomic E-state index is -0.203. The van der Waals surface area contributed by atoms with Gasteiger partial charge in [-0.25, -0.2) is 4.99 Å². The molecule has 5 nitrogen and oxygen atoms in total. The lowest BCUT2D eigenvalue weighted by atomic mass is 10.1. The van der Waals surface area contributed by atoms with E-state index in [0.29, 0.717) is 21.4 Å². The number of aryl methyl sites for hydroxylation is 2. The van der Waals surface area contributed by atoms with Crippen molar-refractivity contribution in [2.24, 2.45) is 4.99 Å². The van der Waals surface area contributed by atoms with Crippen LogP contribution in [0.25, 0.3) is 6.08 Å². The molecule has 0 atom stereocenters. The van der Waals surface area contributed by atoms with E-state index < -0.39 is 0 Å². The summed E-state index contributed by atoms with van der Waals surface area (Å²) in [5, 5.41) is 13.2. The number of ether oxygens (including phenoxy) is 1. The Morgan fingerprint density at radius 2 is 1.92 bits per heavy atom. The van der Waals surface area contributed by atoms with E-state index in [1.165, 1.54) is 18.9 Å². The van der Waals surface area contributed by atoms with E-state index in [-0.39, 0.29) is 11.7 Å². The summed E-state index contributed by atoms with van der Waals surface area (Å²) in [4.78, 5) is 17.3. The van der Waals surface area contributed by atoms with Crippen molar-refractivity contribution in [2.75, 3.05) is 7.11 Å². The lowest BCUT2D eigenvalue weighted by molar-refractivity contribution is -0.115. The molecule has 128 valence electrons. The number of aliphatic imine (C=N–C) groups is 1. The van der Waals surface area contributed by atoms with Gasteiger partial charge in [-0.3, -0.25) is 4.79 Å². The second kappa shape index (κ2) is 7.03. The van der Waals surface area contributed by atoms with Gasteiger partial charge in [0.2, 0.25) is 0 Å². The van der Waals surface area contributed by atoms with Crippen LogP contribution in [0, 0.1) is 13.8 Å². The SMILES string of the molecule is COc1ccc(/C=C2\SC(=Nc3c(C)cccc3C)NC2=O)cc1O. The first-order chi connectivity index (χ1) is 12.0. The lowest BCUT2D eigenvalue weighted by Gasteiger charge is -2.04. The Hall–Kier alpha value is -2.73. The zero-order valence-corrected chi connectivity index (χ0v) is 15.0. The molecule has 2 N–H and O–H groups in total. The number of carbonyl (C=O) groups excluding carboxylic acids is 1. The molecule has 0 unspecified atom stereocenters. The maximum absolute atomic E-state index is 12.2. The maximum Gasteiger partial charge on any atom is 0.264 e. The number of methoxy groups -OCH3 is 1. The first-order valence-corrected chi connectivity index (χ1v) is 8.52. The highest BCUT2D eigenvalue weighted by Crippen LogP contribution is 2.32. The number of thioether (sulfide) groups is 1. The fourth-order valence-electron chi connectivity index (χ4n) is 2.51. The van der Waals surface area contributed by atoms with Crippen LogP contribution in [0.2, 0.25) is 0 Å². The number of phenols is 1. The molecule has 0 aromatic heterocycles. The Balaban J connectivity index is 1.88. The van der Waals surface area contributed by atoms with Crippen LogP contribution in [-0.2, 0) is 4.79 Å². The molecule has 1 fully saturated rings. The number of phenolic OH excluding ortho intramolecular Hbond substituents is 1. The summed E-state index contributed by atoms with van der Waals surface area (Å²) in [6, 6.07) is 11.0. The van der Waals surface area contributed by atoms with Crippen LogP contribution in [0.4, 0.5) is 5.69 Å². The number of nitrogens with one attached hydrogen (secondary N) is 1. The van der Waals surface area contributed by atoms with Crippen molar-refractivity contribution in [1.29, 1.82) is 0 Å². The van der Waals surface area contributed by atoms with E-state index in [4.69, 9.17) is 4.74 Å². The third kappa shape index (κ3) is 3.69. The molecule has 6 heteroatoms. The summed E-state index contributed by atoms with van der Waals surface area (Å²) in [5.74, 6) is 0.220. The van der Waals surface area contributed by atoms with E-state index >= 15 is 0 Å². The summed E-state index contributed by atoms with van der Waals surface area (Å²) >= 11 is 1.28. The van der Waals surface area contributed by atoms with Crippen LogP contribution in [0.3, 0.4) is 0 Å². The van der Waals surface area contributed by atoms with Gasteiger partial charge < -0.3 is 15.2 Å². The number of amidine groups is 1. The van der Waals surface area contributed by atoms with Gasteiger partial charge in [-0.1, -0.05) is 24.3 Å². The van der Waals surface area contributed by atoms with Gasteiger partial charge >= 0.3 is 0 Å². The number of aromatic hydroxyl groups is 1. The second-order valence-electron chi connectivity index (χ2n) is 5.65. The molecule has 1 aliphatic rings. The molecule has 1 aliphatic heterocycles. The predicted molar refractivity (Wildman–Crippen MR) is 101 cm³/mol. The van der Waals surface area contributed by atoms with Gasteiger partial charge in [-0.05, 0) is 60.5 Å². The molecule has 2 aromatic carbocycles. The molecule has 3 rings (SSSR count). The Labute approximate surface area is 150 Å². The molecule has 0 radical (unpaired) electrons. The number of nitrogens with zero attached hydrogens (tertiary/aromatic N) is 1. The maximum atomic E-state index is 12.2. The third-order valence-electron chi connectivity index (χ3n) is 3.80. The van der Waals surface area contributed by atoms with Crippen LogP contribution in [0.1, 0.15) is 16.7 Å². The highest BCUT2D eigenvalue weighted by atomic mass is 32.2. The monoisotopic (exact) mass is 354 g/mol. The Morgan fingerprint density at radius 3 is 2.56 bits per heavy atom. The number of carbonyl (C=O) groups is 1. The average Bonchev–Trinajstić information content (AvgIpc) is 2.91. The Bertz CT molecular complexity index is 883. The van der Waals surface area contributed by atoms with Crippen LogP contribution in [0.15, 0.2) is 46.3 Å². The third-order valence-corrected chi connectivity index (χ3v) is 4.71. The van der Waals surface area contributed by atoms with Crippen molar-refractivity contribution < 1.29 is 14.6 Å². The van der Waals surface area contributed by atoms with Gasteiger partial charge in [0.15, 0.2) is 16.7 Å². The summed E-state index contributed by atoms with van der Waals surface area (Å²) in [6.07, 6.45) is 1.71. The molecule has 0 bridgehead atoms. The van der Waals surface area contributed by atoms with Crippen molar-refractivity contribution in [1.82, 2.24) is 5.32 Å². The number of hydrogen-bond acceptors (Lipinski definition) is 5. The molecule has 1 amide bonds.